The van der Waals surface area contributed by atoms with Crippen molar-refractivity contribution in [2.75, 3.05) is 5.75 Å². The van der Waals surface area contributed by atoms with Crippen molar-refractivity contribution in [3.05, 3.63) is 55.8 Å². The van der Waals surface area contributed by atoms with E-state index in [-0.39, 0.29) is 5.91 Å². The van der Waals surface area contributed by atoms with Crippen molar-refractivity contribution in [2.24, 2.45) is 10.1 Å². The van der Waals surface area contributed by atoms with E-state index in [4.69, 9.17) is 9.41 Å². The average molecular weight is 512 g/mol. The van der Waals surface area contributed by atoms with Crippen LogP contribution in [0.2, 0.25) is 0 Å². The van der Waals surface area contributed by atoms with E-state index in [1.54, 1.807) is 16.8 Å². The summed E-state index contributed by atoms with van der Waals surface area (Å²) in [5, 5.41) is 11.3. The lowest BCUT2D eigenvalue weighted by Gasteiger charge is -2.32. The number of carbonyl (C=O) groups is 1. The van der Waals surface area contributed by atoms with Crippen LogP contribution in [-0.2, 0) is 4.79 Å². The number of hydrogen-bond acceptors (Lipinski definition) is 6. The Morgan fingerprint density at radius 3 is 2.89 bits per heavy atom. The van der Waals surface area contributed by atoms with Crippen molar-refractivity contribution < 1.29 is 9.21 Å². The average Bonchev–Trinajstić information content (AvgIpc) is 2.99. The number of unbranched alkanes of at least 4 members (excludes halogenated alkanes) is 1. The molecule has 9 heteroatoms. The second-order valence-electron chi connectivity index (χ2n) is 6.04. The van der Waals surface area contributed by atoms with Gasteiger partial charge in [-0.15, -0.1) is 5.10 Å². The van der Waals surface area contributed by atoms with Gasteiger partial charge in [-0.25, -0.2) is 10.0 Å². The molecular formula is C18H16Br2N4O2S. The molecule has 0 spiro atoms. The lowest BCUT2D eigenvalue weighted by Crippen LogP contribution is -2.50. The third-order valence-electron chi connectivity index (χ3n) is 4.17. The predicted octanol–water partition coefficient (Wildman–Crippen LogP) is 3.48. The van der Waals surface area contributed by atoms with Crippen LogP contribution < -0.4 is 15.9 Å². The van der Waals surface area contributed by atoms with Crippen molar-refractivity contribution in [2.45, 2.75) is 25.9 Å². The molecule has 1 N–H and O–H groups in total. The zero-order valence-electron chi connectivity index (χ0n) is 14.4. The van der Waals surface area contributed by atoms with Crippen LogP contribution >= 0.6 is 43.6 Å². The van der Waals surface area contributed by atoms with Gasteiger partial charge < -0.3 is 4.42 Å². The molecule has 1 atom stereocenters. The molecule has 140 valence electrons. The minimum absolute atomic E-state index is 0.180. The summed E-state index contributed by atoms with van der Waals surface area (Å²) in [6.07, 6.45) is 1.60. The van der Waals surface area contributed by atoms with Crippen LogP contribution in [0.4, 0.5) is 0 Å². The van der Waals surface area contributed by atoms with Gasteiger partial charge in [0, 0.05) is 11.0 Å². The second-order valence-corrected chi connectivity index (χ2v) is 8.70. The molecule has 0 aliphatic carbocycles. The van der Waals surface area contributed by atoms with E-state index < -0.39 is 6.17 Å². The topological polar surface area (TPSA) is 70.2 Å². The molecule has 2 aliphatic rings. The van der Waals surface area contributed by atoms with Crippen molar-refractivity contribution in [3.63, 3.8) is 0 Å². The van der Waals surface area contributed by atoms with Gasteiger partial charge in [-0.3, -0.25) is 10.1 Å². The molecule has 4 rings (SSSR count). The summed E-state index contributed by atoms with van der Waals surface area (Å²) in [6, 6.07) is 9.41. The zero-order valence-corrected chi connectivity index (χ0v) is 18.4. The Morgan fingerprint density at radius 2 is 2.15 bits per heavy atom. The fourth-order valence-corrected chi connectivity index (χ4v) is 4.43. The van der Waals surface area contributed by atoms with Crippen molar-refractivity contribution in [1.29, 1.82) is 0 Å². The Bertz CT molecular complexity index is 1030. The van der Waals surface area contributed by atoms with Crippen molar-refractivity contribution in [1.82, 2.24) is 10.3 Å². The maximum absolute atomic E-state index is 12.9. The molecule has 2 aromatic rings. The number of para-hydroxylation sites is 1. The second kappa shape index (κ2) is 7.81. The number of rotatable bonds is 4. The highest BCUT2D eigenvalue weighted by Gasteiger charge is 2.36. The molecular weight excluding hydrogens is 496 g/mol. The van der Waals surface area contributed by atoms with Crippen LogP contribution in [0.1, 0.15) is 31.7 Å². The molecule has 0 radical (unpaired) electrons. The standard InChI is InChI=1S/C18H16Br2N4O2S/c1-2-3-8-27-18-22-17(25)14-10-6-4-5-7-12(10)21-16(24(14)23-18)13-9-11(19)15(20)26-13/h4-7,9,16H,2-3,8H2,1H3,(H,22,23,25). The molecule has 27 heavy (non-hydrogen) atoms. The minimum Gasteiger partial charge on any atom is -0.449 e. The highest BCUT2D eigenvalue weighted by molar-refractivity contribution is 9.13. The van der Waals surface area contributed by atoms with Crippen LogP contribution in [-0.4, -0.2) is 21.8 Å². The van der Waals surface area contributed by atoms with Gasteiger partial charge in [-0.2, -0.15) is 0 Å². The number of furan rings is 1. The normalized spacial score (nSPS) is 18.4. The number of nitrogens with zero attached hydrogens (tertiary/aromatic N) is 3. The van der Waals surface area contributed by atoms with Gasteiger partial charge in [-0.1, -0.05) is 43.3 Å². The Kier molecular flexibility index (Phi) is 5.43. The Morgan fingerprint density at radius 1 is 1.33 bits per heavy atom. The highest BCUT2D eigenvalue weighted by Crippen LogP contribution is 2.36. The van der Waals surface area contributed by atoms with Crippen LogP contribution in [0.15, 0.2) is 54.0 Å². The van der Waals surface area contributed by atoms with E-state index >= 15 is 0 Å². The first kappa shape index (κ1) is 18.8. The number of fused-ring (bicyclic) bond motifs is 2. The van der Waals surface area contributed by atoms with Crippen molar-refractivity contribution in [3.8, 4) is 0 Å². The molecule has 1 unspecified atom stereocenters. The third kappa shape index (κ3) is 3.60. The summed E-state index contributed by atoms with van der Waals surface area (Å²) in [5.41, 5.74) is 0.481. The zero-order chi connectivity index (χ0) is 19.0. The highest BCUT2D eigenvalue weighted by atomic mass is 79.9. The lowest BCUT2D eigenvalue weighted by atomic mass is 10.1. The van der Waals surface area contributed by atoms with Crippen LogP contribution in [0.25, 0.3) is 5.70 Å². The molecule has 0 bridgehead atoms. The Hall–Kier alpha value is -1.58. The number of carbonyl (C=O) groups excluding carboxylic acids is 1. The first-order chi connectivity index (χ1) is 13.1. The van der Waals surface area contributed by atoms with Gasteiger partial charge in [-0.05, 0) is 50.4 Å². The van der Waals surface area contributed by atoms with E-state index in [0.717, 1.165) is 33.6 Å². The number of thioether (sulfide) groups is 1. The van der Waals surface area contributed by atoms with E-state index in [9.17, 15) is 4.79 Å². The van der Waals surface area contributed by atoms with Gasteiger partial charge in [0.2, 0.25) is 6.17 Å². The van der Waals surface area contributed by atoms with E-state index in [2.05, 4.69) is 49.2 Å². The summed E-state index contributed by atoms with van der Waals surface area (Å²) in [4.78, 5) is 17.7. The fourth-order valence-electron chi connectivity index (χ4n) is 2.88. The van der Waals surface area contributed by atoms with Crippen LogP contribution in [0, 0.1) is 0 Å². The number of hydrogen-bond donors (Lipinski definition) is 1. The first-order valence-corrected chi connectivity index (χ1v) is 11.1. The number of amides is 1. The molecule has 1 aromatic heterocycles. The van der Waals surface area contributed by atoms with Crippen molar-refractivity contribution >= 4 is 60.4 Å². The SMILES string of the molecule is CCCCSC1=NN2C(=c3ccccc3=NC2c2cc(Br)c(Br)o2)C(=O)N1. The molecule has 0 saturated heterocycles. The molecule has 0 saturated carbocycles. The largest absolute Gasteiger partial charge is 0.449 e. The van der Waals surface area contributed by atoms with Gasteiger partial charge in [0.15, 0.2) is 15.6 Å². The van der Waals surface area contributed by atoms with E-state index in [1.807, 2.05) is 30.3 Å². The number of amidine groups is 1. The maximum atomic E-state index is 12.9. The number of hydrazone groups is 1. The Labute approximate surface area is 177 Å². The summed E-state index contributed by atoms with van der Waals surface area (Å²) < 4.78 is 7.17. The van der Waals surface area contributed by atoms with Gasteiger partial charge >= 0.3 is 0 Å². The smallest absolute Gasteiger partial charge is 0.276 e. The van der Waals surface area contributed by atoms with Gasteiger partial charge in [0.25, 0.3) is 5.91 Å². The summed E-state index contributed by atoms with van der Waals surface area (Å²) in [5.74, 6) is 1.31. The molecule has 6 nitrogen and oxygen atoms in total. The predicted molar refractivity (Wildman–Crippen MR) is 112 cm³/mol. The minimum atomic E-state index is -0.551. The Balaban J connectivity index is 1.84. The molecule has 2 aliphatic heterocycles. The van der Waals surface area contributed by atoms with Gasteiger partial charge in [0.1, 0.15) is 5.70 Å². The molecule has 0 fully saturated rings. The molecule has 3 heterocycles. The summed E-state index contributed by atoms with van der Waals surface area (Å²) in [7, 11) is 0. The number of benzene rings is 1. The van der Waals surface area contributed by atoms with Crippen LogP contribution in [0.3, 0.4) is 0 Å². The number of nitrogens with one attached hydrogen (secondary N) is 1. The molecule has 1 amide bonds. The summed E-state index contributed by atoms with van der Waals surface area (Å²) >= 11 is 8.35. The van der Waals surface area contributed by atoms with E-state index in [0.29, 0.717) is 21.3 Å². The quantitative estimate of drug-likeness (QED) is 0.638. The van der Waals surface area contributed by atoms with E-state index in [1.165, 1.54) is 0 Å². The maximum Gasteiger partial charge on any atom is 0.276 e. The monoisotopic (exact) mass is 510 g/mol. The summed E-state index contributed by atoms with van der Waals surface area (Å²) in [6.45, 7) is 2.14. The van der Waals surface area contributed by atoms with Gasteiger partial charge in [0.05, 0.1) is 9.83 Å². The lowest BCUT2D eigenvalue weighted by molar-refractivity contribution is -0.116. The fraction of sp³-hybridized carbons (Fsp3) is 0.278. The third-order valence-corrected chi connectivity index (χ3v) is 6.83. The first-order valence-electron chi connectivity index (χ1n) is 8.52. The molecule has 1 aromatic carbocycles. The van der Waals surface area contributed by atoms with Crippen LogP contribution in [0.5, 0.6) is 0 Å². The number of halogens is 2.